The number of rotatable bonds is 4. The maximum atomic E-state index is 13.1. The summed E-state index contributed by atoms with van der Waals surface area (Å²) >= 11 is 0. The number of hydrogen-bond acceptors (Lipinski definition) is 5. The van der Waals surface area contributed by atoms with Gasteiger partial charge in [0.15, 0.2) is 6.17 Å². The predicted molar refractivity (Wildman–Crippen MR) is 47.5 cm³/mol. The van der Waals surface area contributed by atoms with E-state index in [1.807, 2.05) is 0 Å². The van der Waals surface area contributed by atoms with Gasteiger partial charge in [-0.2, -0.15) is 0 Å². The number of Topliss-reactive ketones (excluding diaryl/α,β-unsaturated/α-hetero) is 1. The Labute approximate surface area is 86.2 Å². The van der Waals surface area contributed by atoms with Crippen molar-refractivity contribution < 1.29 is 28.6 Å². The average Bonchev–Trinajstić information content (AvgIpc) is 2.13. The molecule has 0 saturated carbocycles. The standard InChI is InChI=1S/C9H13FO5/c1-4(2)7(12)6(10)8(13)9(14)15-5(3)11/h4,6-7,12H,1-3H3/t6-,7+/m0/s1. The summed E-state index contributed by atoms with van der Waals surface area (Å²) in [5.41, 5.74) is 0. The van der Waals surface area contributed by atoms with Gasteiger partial charge in [-0.15, -0.1) is 0 Å². The molecule has 0 aromatic rings. The Balaban J connectivity index is 4.44. The van der Waals surface area contributed by atoms with E-state index in [9.17, 15) is 18.8 Å². The summed E-state index contributed by atoms with van der Waals surface area (Å²) in [5, 5.41) is 9.16. The van der Waals surface area contributed by atoms with Gasteiger partial charge in [-0.3, -0.25) is 9.59 Å². The highest BCUT2D eigenvalue weighted by atomic mass is 19.1. The van der Waals surface area contributed by atoms with Crippen LogP contribution < -0.4 is 0 Å². The molecular weight excluding hydrogens is 207 g/mol. The molecule has 6 heteroatoms. The van der Waals surface area contributed by atoms with Crippen molar-refractivity contribution in [1.82, 2.24) is 0 Å². The van der Waals surface area contributed by atoms with E-state index in [0.717, 1.165) is 6.92 Å². The molecule has 0 radical (unpaired) electrons. The molecule has 15 heavy (non-hydrogen) atoms. The van der Waals surface area contributed by atoms with Crippen LogP contribution in [0.2, 0.25) is 0 Å². The SMILES string of the molecule is CC(=O)OC(=O)C(=O)[C@@H](F)[C@H](O)C(C)C. The van der Waals surface area contributed by atoms with Gasteiger partial charge in [0.2, 0.25) is 0 Å². The molecular formula is C9H13FO5. The molecule has 0 bridgehead atoms. The molecule has 0 aliphatic carbocycles. The van der Waals surface area contributed by atoms with Gasteiger partial charge in [-0.05, 0) is 5.92 Å². The monoisotopic (exact) mass is 220 g/mol. The molecule has 0 saturated heterocycles. The molecule has 1 N–H and O–H groups in total. The fraction of sp³-hybridized carbons (Fsp3) is 0.667. The van der Waals surface area contributed by atoms with E-state index in [-0.39, 0.29) is 0 Å². The van der Waals surface area contributed by atoms with E-state index in [2.05, 4.69) is 4.74 Å². The maximum Gasteiger partial charge on any atom is 0.385 e. The Morgan fingerprint density at radius 2 is 1.73 bits per heavy atom. The topological polar surface area (TPSA) is 80.7 Å². The lowest BCUT2D eigenvalue weighted by Crippen LogP contribution is -2.39. The Kier molecular flexibility index (Phi) is 5.07. The summed E-state index contributed by atoms with van der Waals surface area (Å²) in [7, 11) is 0. The number of aliphatic hydroxyl groups is 1. The van der Waals surface area contributed by atoms with Crippen molar-refractivity contribution in [2.75, 3.05) is 0 Å². The van der Waals surface area contributed by atoms with Crippen molar-refractivity contribution >= 4 is 17.7 Å². The normalized spacial score (nSPS) is 14.5. The Morgan fingerprint density at radius 3 is 2.07 bits per heavy atom. The van der Waals surface area contributed by atoms with Crippen LogP contribution in [-0.4, -0.2) is 35.1 Å². The summed E-state index contributed by atoms with van der Waals surface area (Å²) in [6.45, 7) is 3.89. The number of carbonyl (C=O) groups is 3. The van der Waals surface area contributed by atoms with E-state index < -0.39 is 35.9 Å². The van der Waals surface area contributed by atoms with Crippen LogP contribution in [0.25, 0.3) is 0 Å². The highest BCUT2D eigenvalue weighted by Gasteiger charge is 2.34. The van der Waals surface area contributed by atoms with Gasteiger partial charge in [0.05, 0.1) is 6.10 Å². The molecule has 86 valence electrons. The van der Waals surface area contributed by atoms with E-state index in [4.69, 9.17) is 5.11 Å². The van der Waals surface area contributed by atoms with Gasteiger partial charge in [0.25, 0.3) is 5.78 Å². The van der Waals surface area contributed by atoms with E-state index >= 15 is 0 Å². The number of halogens is 1. The summed E-state index contributed by atoms with van der Waals surface area (Å²) < 4.78 is 17.0. The quantitative estimate of drug-likeness (QED) is 0.409. The van der Waals surface area contributed by atoms with E-state index in [0.29, 0.717) is 0 Å². The number of hydrogen-bond donors (Lipinski definition) is 1. The molecule has 0 aliphatic rings. The zero-order valence-corrected chi connectivity index (χ0v) is 8.69. The second kappa shape index (κ2) is 5.55. The second-order valence-corrected chi connectivity index (χ2v) is 3.38. The molecule has 0 spiro atoms. The summed E-state index contributed by atoms with van der Waals surface area (Å²) in [6, 6.07) is 0. The van der Waals surface area contributed by atoms with Crippen LogP contribution in [0.5, 0.6) is 0 Å². The van der Waals surface area contributed by atoms with Crippen molar-refractivity contribution in [3.63, 3.8) is 0 Å². The lowest BCUT2D eigenvalue weighted by Gasteiger charge is -2.16. The van der Waals surface area contributed by atoms with Crippen molar-refractivity contribution in [3.8, 4) is 0 Å². The minimum atomic E-state index is -2.36. The van der Waals surface area contributed by atoms with Crippen molar-refractivity contribution in [2.24, 2.45) is 5.92 Å². The minimum absolute atomic E-state index is 0.519. The van der Waals surface area contributed by atoms with Crippen LogP contribution in [-0.2, 0) is 19.1 Å². The van der Waals surface area contributed by atoms with Crippen LogP contribution in [0.4, 0.5) is 4.39 Å². The van der Waals surface area contributed by atoms with E-state index in [1.165, 1.54) is 13.8 Å². The van der Waals surface area contributed by atoms with Crippen LogP contribution >= 0.6 is 0 Å². The fourth-order valence-electron chi connectivity index (χ4n) is 0.786. The summed E-state index contributed by atoms with van der Waals surface area (Å²) in [5.74, 6) is -4.66. The van der Waals surface area contributed by atoms with Crippen molar-refractivity contribution in [2.45, 2.75) is 33.0 Å². The van der Waals surface area contributed by atoms with Crippen LogP contribution in [0, 0.1) is 5.92 Å². The third kappa shape index (κ3) is 4.16. The van der Waals surface area contributed by atoms with Gasteiger partial charge >= 0.3 is 11.9 Å². The molecule has 0 fully saturated rings. The van der Waals surface area contributed by atoms with Crippen LogP contribution in [0.1, 0.15) is 20.8 Å². The Bertz CT molecular complexity index is 274. The minimum Gasteiger partial charge on any atom is -0.389 e. The van der Waals surface area contributed by atoms with Crippen molar-refractivity contribution in [3.05, 3.63) is 0 Å². The van der Waals surface area contributed by atoms with Gasteiger partial charge in [0.1, 0.15) is 0 Å². The first-order valence-corrected chi connectivity index (χ1v) is 4.36. The zero-order valence-electron chi connectivity index (χ0n) is 8.69. The second-order valence-electron chi connectivity index (χ2n) is 3.38. The predicted octanol–water partition coefficient (Wildman–Crippen LogP) is 0.000200. The molecule has 0 heterocycles. The molecule has 0 unspecified atom stereocenters. The molecule has 0 aliphatic heterocycles. The average molecular weight is 220 g/mol. The van der Waals surface area contributed by atoms with Crippen LogP contribution in [0.15, 0.2) is 0 Å². The molecule has 0 aromatic carbocycles. The maximum absolute atomic E-state index is 13.1. The highest BCUT2D eigenvalue weighted by Crippen LogP contribution is 2.11. The Hall–Kier alpha value is -1.30. The zero-order chi connectivity index (χ0) is 12.2. The van der Waals surface area contributed by atoms with Gasteiger partial charge in [-0.25, -0.2) is 9.18 Å². The number of alkyl halides is 1. The van der Waals surface area contributed by atoms with Gasteiger partial charge < -0.3 is 9.84 Å². The van der Waals surface area contributed by atoms with Crippen molar-refractivity contribution in [1.29, 1.82) is 0 Å². The number of ketones is 1. The third-order valence-corrected chi connectivity index (χ3v) is 1.67. The molecule has 0 rings (SSSR count). The largest absolute Gasteiger partial charge is 0.389 e. The number of esters is 2. The fourth-order valence-corrected chi connectivity index (χ4v) is 0.786. The highest BCUT2D eigenvalue weighted by molar-refractivity contribution is 6.37. The molecule has 0 aromatic heterocycles. The lowest BCUT2D eigenvalue weighted by atomic mass is 10.0. The lowest BCUT2D eigenvalue weighted by molar-refractivity contribution is -0.165. The first-order chi connectivity index (χ1) is 6.77. The molecule has 0 amide bonds. The summed E-state index contributed by atoms with van der Waals surface area (Å²) in [4.78, 5) is 32.0. The van der Waals surface area contributed by atoms with Crippen LogP contribution in [0.3, 0.4) is 0 Å². The first-order valence-electron chi connectivity index (χ1n) is 4.36. The number of carbonyl (C=O) groups excluding carboxylic acids is 3. The molecule has 2 atom stereocenters. The van der Waals surface area contributed by atoms with Gasteiger partial charge in [-0.1, -0.05) is 13.8 Å². The Morgan fingerprint density at radius 1 is 1.27 bits per heavy atom. The third-order valence-electron chi connectivity index (χ3n) is 1.67. The smallest absolute Gasteiger partial charge is 0.385 e. The summed E-state index contributed by atoms with van der Waals surface area (Å²) in [6.07, 6.45) is -3.95. The molecule has 5 nitrogen and oxygen atoms in total. The first kappa shape index (κ1) is 13.7. The van der Waals surface area contributed by atoms with Gasteiger partial charge in [0, 0.05) is 6.92 Å². The van der Waals surface area contributed by atoms with E-state index in [1.54, 1.807) is 0 Å². The number of aliphatic hydroxyl groups excluding tert-OH is 1. The number of ether oxygens (including phenoxy) is 1.